The first-order chi connectivity index (χ1) is 11.9. The summed E-state index contributed by atoms with van der Waals surface area (Å²) in [6, 6.07) is 4.73. The van der Waals surface area contributed by atoms with Crippen LogP contribution in [0.15, 0.2) is 23.1 Å². The minimum Gasteiger partial charge on any atom is -0.492 e. The van der Waals surface area contributed by atoms with Gasteiger partial charge in [0.2, 0.25) is 10.0 Å². The maximum absolute atomic E-state index is 12.7. The molecule has 1 rings (SSSR count). The van der Waals surface area contributed by atoms with E-state index in [9.17, 15) is 8.42 Å². The second kappa shape index (κ2) is 10.5. The highest BCUT2D eigenvalue weighted by atomic mass is 32.2. The molecule has 0 aliphatic rings. The smallest absolute Gasteiger partial charge is 0.243 e. The Balaban J connectivity index is 3.10. The molecular formula is C16H27N3O4S2. The van der Waals surface area contributed by atoms with E-state index in [-0.39, 0.29) is 4.90 Å². The van der Waals surface area contributed by atoms with Crippen molar-refractivity contribution >= 4 is 33.0 Å². The van der Waals surface area contributed by atoms with E-state index in [0.29, 0.717) is 49.4 Å². The fraction of sp³-hybridized carbons (Fsp3) is 0.562. The molecular weight excluding hydrogens is 362 g/mol. The Kier molecular flexibility index (Phi) is 9.12. The molecule has 0 spiro atoms. The van der Waals surface area contributed by atoms with Gasteiger partial charge in [-0.05, 0) is 37.3 Å². The average Bonchev–Trinajstić information content (AvgIpc) is 2.57. The van der Waals surface area contributed by atoms with Crippen molar-refractivity contribution in [3.63, 3.8) is 0 Å². The highest BCUT2D eigenvalue weighted by molar-refractivity contribution is 7.89. The highest BCUT2D eigenvalue weighted by Gasteiger charge is 2.23. The Labute approximate surface area is 155 Å². The molecule has 0 bridgehead atoms. The van der Waals surface area contributed by atoms with Gasteiger partial charge in [0.1, 0.15) is 5.75 Å². The molecule has 1 aromatic rings. The van der Waals surface area contributed by atoms with Crippen molar-refractivity contribution in [2.45, 2.75) is 25.7 Å². The molecule has 1 aromatic carbocycles. The Morgan fingerprint density at radius 3 is 2.48 bits per heavy atom. The third kappa shape index (κ3) is 6.10. The number of hydrogen-bond acceptors (Lipinski definition) is 5. The quantitative estimate of drug-likeness (QED) is 0.468. The number of ether oxygens (including phenoxy) is 2. The van der Waals surface area contributed by atoms with Gasteiger partial charge in [-0.1, -0.05) is 13.8 Å². The normalized spacial score (nSPS) is 11.4. The van der Waals surface area contributed by atoms with E-state index < -0.39 is 10.0 Å². The summed E-state index contributed by atoms with van der Waals surface area (Å²) in [6.07, 6.45) is 0. The zero-order valence-electron chi connectivity index (χ0n) is 15.2. The summed E-state index contributed by atoms with van der Waals surface area (Å²) >= 11 is 5.23. The van der Waals surface area contributed by atoms with Gasteiger partial charge in [-0.2, -0.15) is 4.31 Å². The predicted octanol–water partition coefficient (Wildman–Crippen LogP) is 2.05. The number of benzene rings is 1. The number of nitrogens with zero attached hydrogens (tertiary/aromatic N) is 1. The molecule has 0 heterocycles. The van der Waals surface area contributed by atoms with E-state index in [4.69, 9.17) is 21.7 Å². The van der Waals surface area contributed by atoms with Crippen LogP contribution in [0.25, 0.3) is 0 Å². The molecule has 0 saturated heterocycles. The lowest BCUT2D eigenvalue weighted by molar-refractivity contribution is 0.204. The molecule has 0 atom stereocenters. The predicted molar refractivity (Wildman–Crippen MR) is 104 cm³/mol. The topological polar surface area (TPSA) is 79.9 Å². The van der Waals surface area contributed by atoms with Crippen LogP contribution in [0.4, 0.5) is 5.69 Å². The van der Waals surface area contributed by atoms with Gasteiger partial charge in [-0.3, -0.25) is 0 Å². The molecule has 0 aliphatic heterocycles. The number of sulfonamides is 1. The van der Waals surface area contributed by atoms with Gasteiger partial charge >= 0.3 is 0 Å². The fourth-order valence-electron chi connectivity index (χ4n) is 2.19. The van der Waals surface area contributed by atoms with Crippen molar-refractivity contribution in [2.75, 3.05) is 45.3 Å². The second-order valence-corrected chi connectivity index (χ2v) is 7.40. The van der Waals surface area contributed by atoms with Crippen molar-refractivity contribution in [2.24, 2.45) is 0 Å². The van der Waals surface area contributed by atoms with Crippen LogP contribution >= 0.6 is 12.2 Å². The van der Waals surface area contributed by atoms with E-state index >= 15 is 0 Å². The zero-order chi connectivity index (χ0) is 18.9. The number of methoxy groups -OCH3 is 1. The van der Waals surface area contributed by atoms with E-state index in [2.05, 4.69) is 10.6 Å². The van der Waals surface area contributed by atoms with E-state index in [1.54, 1.807) is 25.3 Å². The summed E-state index contributed by atoms with van der Waals surface area (Å²) in [5.74, 6) is 0.539. The Morgan fingerprint density at radius 1 is 1.24 bits per heavy atom. The molecule has 2 N–H and O–H groups in total. The zero-order valence-corrected chi connectivity index (χ0v) is 16.8. The Morgan fingerprint density at radius 2 is 1.92 bits per heavy atom. The van der Waals surface area contributed by atoms with Gasteiger partial charge in [0.05, 0.1) is 23.8 Å². The third-order valence-corrected chi connectivity index (χ3v) is 5.73. The molecule has 0 radical (unpaired) electrons. The third-order valence-electron chi connectivity index (χ3n) is 3.43. The van der Waals surface area contributed by atoms with Crippen LogP contribution in [0.3, 0.4) is 0 Å². The lowest BCUT2D eigenvalue weighted by Crippen LogP contribution is -2.32. The monoisotopic (exact) mass is 389 g/mol. The summed E-state index contributed by atoms with van der Waals surface area (Å²) in [4.78, 5) is 0.196. The molecule has 7 nitrogen and oxygen atoms in total. The van der Waals surface area contributed by atoms with Crippen LogP contribution in [-0.2, 0) is 14.8 Å². The molecule has 0 aliphatic carbocycles. The molecule has 0 amide bonds. The van der Waals surface area contributed by atoms with Crippen LogP contribution in [-0.4, -0.2) is 57.8 Å². The summed E-state index contributed by atoms with van der Waals surface area (Å²) in [7, 11) is -1.95. The van der Waals surface area contributed by atoms with E-state index in [0.717, 1.165) is 0 Å². The van der Waals surface area contributed by atoms with Gasteiger partial charge in [0.15, 0.2) is 5.11 Å². The van der Waals surface area contributed by atoms with Gasteiger partial charge in [-0.25, -0.2) is 8.42 Å². The second-order valence-electron chi connectivity index (χ2n) is 5.05. The van der Waals surface area contributed by atoms with Crippen molar-refractivity contribution in [1.29, 1.82) is 0 Å². The first kappa shape index (κ1) is 21.6. The lowest BCUT2D eigenvalue weighted by Gasteiger charge is -2.20. The van der Waals surface area contributed by atoms with Crippen molar-refractivity contribution in [3.8, 4) is 5.75 Å². The molecule has 142 valence electrons. The van der Waals surface area contributed by atoms with Crippen molar-refractivity contribution in [1.82, 2.24) is 9.62 Å². The Hall–Kier alpha value is -1.42. The van der Waals surface area contributed by atoms with E-state index in [1.165, 1.54) is 4.31 Å². The minimum atomic E-state index is -3.56. The standard InChI is InChI=1S/C16H27N3O4S2/c1-5-19(6-2)25(20,21)13-8-9-15(23-7-3)14(12-13)18-16(24)17-10-11-22-4/h8-9,12H,5-7,10-11H2,1-4H3,(H2,17,18,24). The molecule has 25 heavy (non-hydrogen) atoms. The first-order valence-electron chi connectivity index (χ1n) is 8.21. The summed E-state index contributed by atoms with van der Waals surface area (Å²) < 4.78 is 37.3. The minimum absolute atomic E-state index is 0.196. The number of hydrogen-bond donors (Lipinski definition) is 2. The van der Waals surface area contributed by atoms with Crippen LogP contribution < -0.4 is 15.4 Å². The van der Waals surface area contributed by atoms with Gasteiger partial charge < -0.3 is 20.1 Å². The fourth-order valence-corrected chi connectivity index (χ4v) is 3.89. The van der Waals surface area contributed by atoms with Gasteiger partial charge in [0, 0.05) is 26.7 Å². The maximum atomic E-state index is 12.7. The number of nitrogens with one attached hydrogen (secondary N) is 2. The molecule has 0 unspecified atom stereocenters. The number of anilines is 1. The average molecular weight is 390 g/mol. The van der Waals surface area contributed by atoms with Crippen molar-refractivity contribution < 1.29 is 17.9 Å². The Bertz CT molecular complexity index is 661. The summed E-state index contributed by atoms with van der Waals surface area (Å²) in [6.45, 7) is 7.81. The molecule has 0 saturated carbocycles. The van der Waals surface area contributed by atoms with Crippen LogP contribution in [0, 0.1) is 0 Å². The molecule has 0 fully saturated rings. The van der Waals surface area contributed by atoms with Crippen LogP contribution in [0.1, 0.15) is 20.8 Å². The van der Waals surface area contributed by atoms with Crippen LogP contribution in [0.5, 0.6) is 5.75 Å². The van der Waals surface area contributed by atoms with E-state index in [1.807, 2.05) is 20.8 Å². The SMILES string of the molecule is CCOc1ccc(S(=O)(=O)N(CC)CC)cc1NC(=S)NCCOC. The summed E-state index contributed by atoms with van der Waals surface area (Å²) in [5.41, 5.74) is 0.505. The van der Waals surface area contributed by atoms with Crippen molar-refractivity contribution in [3.05, 3.63) is 18.2 Å². The van der Waals surface area contributed by atoms with Gasteiger partial charge in [-0.15, -0.1) is 0 Å². The maximum Gasteiger partial charge on any atom is 0.243 e. The van der Waals surface area contributed by atoms with Crippen LogP contribution in [0.2, 0.25) is 0 Å². The number of rotatable bonds is 10. The largest absolute Gasteiger partial charge is 0.492 e. The lowest BCUT2D eigenvalue weighted by atomic mass is 10.3. The molecule has 9 heteroatoms. The summed E-state index contributed by atoms with van der Waals surface area (Å²) in [5, 5.41) is 6.35. The molecule has 0 aromatic heterocycles. The number of thiocarbonyl (C=S) groups is 1. The highest BCUT2D eigenvalue weighted by Crippen LogP contribution is 2.29. The van der Waals surface area contributed by atoms with Gasteiger partial charge in [0.25, 0.3) is 0 Å². The first-order valence-corrected chi connectivity index (χ1v) is 10.1.